The second-order valence-corrected chi connectivity index (χ2v) is 4.41. The van der Waals surface area contributed by atoms with Gasteiger partial charge in [0.05, 0.1) is 6.10 Å². The summed E-state index contributed by atoms with van der Waals surface area (Å²) in [7, 11) is 0. The number of phenols is 1. The Kier molecular flexibility index (Phi) is 2.98. The van der Waals surface area contributed by atoms with Crippen LogP contribution in [-0.2, 0) is 11.2 Å². The highest BCUT2D eigenvalue weighted by Crippen LogP contribution is 2.22. The average Bonchev–Trinajstić information content (AvgIpc) is 3.01. The number of hydrogen-bond acceptors (Lipinski definition) is 5. The molecule has 0 saturated carbocycles. The van der Waals surface area contributed by atoms with Gasteiger partial charge < -0.3 is 14.4 Å². The lowest BCUT2D eigenvalue weighted by Gasteiger charge is -2.03. The summed E-state index contributed by atoms with van der Waals surface area (Å²) < 4.78 is 10.7. The molecule has 1 aromatic carbocycles. The summed E-state index contributed by atoms with van der Waals surface area (Å²) in [6, 6.07) is 6.77. The highest BCUT2D eigenvalue weighted by molar-refractivity contribution is 5.55. The molecule has 0 amide bonds. The molecule has 0 aliphatic carbocycles. The van der Waals surface area contributed by atoms with Crippen LogP contribution in [0.2, 0.25) is 0 Å². The molecule has 94 valence electrons. The standard InChI is InChI=1S/C13H14N2O3/c16-10-4-1-3-9(7-10)13-14-12(15-18-13)8-11-5-2-6-17-11/h1,3-4,7,11,16H,2,5-6,8H2. The van der Waals surface area contributed by atoms with Crippen LogP contribution in [0, 0.1) is 0 Å². The van der Waals surface area contributed by atoms with E-state index in [4.69, 9.17) is 9.26 Å². The molecule has 2 heterocycles. The first-order valence-electron chi connectivity index (χ1n) is 6.05. The molecule has 1 unspecified atom stereocenters. The molecule has 1 aromatic heterocycles. The number of benzene rings is 1. The maximum atomic E-state index is 9.40. The third-order valence-corrected chi connectivity index (χ3v) is 3.00. The first kappa shape index (κ1) is 11.2. The van der Waals surface area contributed by atoms with Crippen LogP contribution in [-0.4, -0.2) is 28.0 Å². The second kappa shape index (κ2) is 4.78. The van der Waals surface area contributed by atoms with Crippen LogP contribution in [0.5, 0.6) is 5.75 Å². The summed E-state index contributed by atoms with van der Waals surface area (Å²) in [4.78, 5) is 4.32. The average molecular weight is 246 g/mol. The Morgan fingerprint density at radius 2 is 2.33 bits per heavy atom. The van der Waals surface area contributed by atoms with Gasteiger partial charge in [0.1, 0.15) is 5.75 Å². The number of nitrogens with zero attached hydrogens (tertiary/aromatic N) is 2. The smallest absolute Gasteiger partial charge is 0.258 e. The zero-order valence-corrected chi connectivity index (χ0v) is 9.87. The molecule has 0 spiro atoms. The van der Waals surface area contributed by atoms with E-state index in [1.807, 2.05) is 6.07 Å². The molecule has 1 saturated heterocycles. The van der Waals surface area contributed by atoms with Crippen LogP contribution in [0.15, 0.2) is 28.8 Å². The molecule has 1 aliphatic rings. The van der Waals surface area contributed by atoms with Gasteiger partial charge in [-0.3, -0.25) is 0 Å². The molecule has 1 atom stereocenters. The van der Waals surface area contributed by atoms with E-state index < -0.39 is 0 Å². The number of ether oxygens (including phenoxy) is 1. The van der Waals surface area contributed by atoms with Crippen LogP contribution in [0.25, 0.3) is 11.5 Å². The lowest BCUT2D eigenvalue weighted by atomic mass is 10.2. The molecular weight excluding hydrogens is 232 g/mol. The number of rotatable bonds is 3. The van der Waals surface area contributed by atoms with Crippen molar-refractivity contribution in [3.05, 3.63) is 30.1 Å². The monoisotopic (exact) mass is 246 g/mol. The highest BCUT2D eigenvalue weighted by Gasteiger charge is 2.19. The molecular formula is C13H14N2O3. The molecule has 1 N–H and O–H groups in total. The molecule has 0 bridgehead atoms. The maximum Gasteiger partial charge on any atom is 0.258 e. The fourth-order valence-electron chi connectivity index (χ4n) is 2.10. The minimum absolute atomic E-state index is 0.186. The van der Waals surface area contributed by atoms with Crippen LogP contribution in [0.3, 0.4) is 0 Å². The van der Waals surface area contributed by atoms with Crippen molar-refractivity contribution in [3.8, 4) is 17.2 Å². The minimum atomic E-state index is 0.186. The molecule has 1 aliphatic heterocycles. The summed E-state index contributed by atoms with van der Waals surface area (Å²) in [6.07, 6.45) is 3.04. The Hall–Kier alpha value is -1.88. The first-order valence-corrected chi connectivity index (χ1v) is 6.05. The van der Waals surface area contributed by atoms with E-state index in [1.165, 1.54) is 0 Å². The van der Waals surface area contributed by atoms with Gasteiger partial charge in [0.25, 0.3) is 5.89 Å². The summed E-state index contributed by atoms with van der Waals surface area (Å²) in [5, 5.41) is 13.3. The van der Waals surface area contributed by atoms with E-state index in [-0.39, 0.29) is 11.9 Å². The van der Waals surface area contributed by atoms with Gasteiger partial charge in [-0.2, -0.15) is 4.98 Å². The van der Waals surface area contributed by atoms with Crippen molar-refractivity contribution in [3.63, 3.8) is 0 Å². The van der Waals surface area contributed by atoms with Gasteiger partial charge in [-0.15, -0.1) is 0 Å². The Balaban J connectivity index is 1.76. The Morgan fingerprint density at radius 1 is 1.39 bits per heavy atom. The molecule has 0 radical (unpaired) electrons. The lowest BCUT2D eigenvalue weighted by molar-refractivity contribution is 0.109. The van der Waals surface area contributed by atoms with Gasteiger partial charge in [-0.1, -0.05) is 11.2 Å². The second-order valence-electron chi connectivity index (χ2n) is 4.41. The van der Waals surface area contributed by atoms with Crippen molar-refractivity contribution in [2.75, 3.05) is 6.61 Å². The van der Waals surface area contributed by atoms with Gasteiger partial charge in [0.15, 0.2) is 5.82 Å². The van der Waals surface area contributed by atoms with E-state index >= 15 is 0 Å². The van der Waals surface area contributed by atoms with Crippen molar-refractivity contribution in [2.24, 2.45) is 0 Å². The molecule has 2 aromatic rings. The molecule has 5 nitrogen and oxygen atoms in total. The molecule has 18 heavy (non-hydrogen) atoms. The van der Waals surface area contributed by atoms with E-state index in [0.717, 1.165) is 25.0 Å². The predicted octanol–water partition coefficient (Wildman–Crippen LogP) is 2.16. The summed E-state index contributed by atoms with van der Waals surface area (Å²) in [5.41, 5.74) is 0.723. The van der Waals surface area contributed by atoms with Crippen molar-refractivity contribution in [1.29, 1.82) is 0 Å². The zero-order chi connectivity index (χ0) is 12.4. The first-order chi connectivity index (χ1) is 8.81. The fourth-order valence-corrected chi connectivity index (χ4v) is 2.10. The van der Waals surface area contributed by atoms with Crippen molar-refractivity contribution in [2.45, 2.75) is 25.4 Å². The Morgan fingerprint density at radius 3 is 3.11 bits per heavy atom. The van der Waals surface area contributed by atoms with Gasteiger partial charge >= 0.3 is 0 Å². The maximum absolute atomic E-state index is 9.40. The normalized spacial score (nSPS) is 19.2. The van der Waals surface area contributed by atoms with Crippen molar-refractivity contribution in [1.82, 2.24) is 10.1 Å². The summed E-state index contributed by atoms with van der Waals surface area (Å²) in [6.45, 7) is 0.821. The third-order valence-electron chi connectivity index (χ3n) is 3.00. The van der Waals surface area contributed by atoms with E-state index in [9.17, 15) is 5.11 Å². The topological polar surface area (TPSA) is 68.4 Å². The quantitative estimate of drug-likeness (QED) is 0.898. The Bertz CT molecular complexity index is 533. The van der Waals surface area contributed by atoms with Crippen molar-refractivity contribution >= 4 is 0 Å². The van der Waals surface area contributed by atoms with E-state index in [1.54, 1.807) is 18.2 Å². The molecule has 3 rings (SSSR count). The largest absolute Gasteiger partial charge is 0.508 e. The van der Waals surface area contributed by atoms with Crippen LogP contribution >= 0.6 is 0 Å². The number of aromatic nitrogens is 2. The number of hydrogen-bond donors (Lipinski definition) is 1. The van der Waals surface area contributed by atoms with E-state index in [2.05, 4.69) is 10.1 Å². The lowest BCUT2D eigenvalue weighted by Crippen LogP contribution is -2.09. The van der Waals surface area contributed by atoms with Crippen molar-refractivity contribution < 1.29 is 14.4 Å². The number of aromatic hydroxyl groups is 1. The predicted molar refractivity (Wildman–Crippen MR) is 64.1 cm³/mol. The third kappa shape index (κ3) is 2.36. The van der Waals surface area contributed by atoms with Gasteiger partial charge in [-0.05, 0) is 31.0 Å². The summed E-state index contributed by atoms with van der Waals surface area (Å²) in [5.74, 6) is 1.27. The van der Waals surface area contributed by atoms with Gasteiger partial charge in [0, 0.05) is 18.6 Å². The van der Waals surface area contributed by atoms with Crippen LogP contribution in [0.4, 0.5) is 0 Å². The van der Waals surface area contributed by atoms with Gasteiger partial charge in [0.2, 0.25) is 0 Å². The van der Waals surface area contributed by atoms with Gasteiger partial charge in [-0.25, -0.2) is 0 Å². The molecule has 1 fully saturated rings. The fraction of sp³-hybridized carbons (Fsp3) is 0.385. The summed E-state index contributed by atoms with van der Waals surface area (Å²) >= 11 is 0. The SMILES string of the molecule is Oc1cccc(-c2nc(CC3CCCO3)no2)c1. The zero-order valence-electron chi connectivity index (χ0n) is 9.87. The van der Waals surface area contributed by atoms with E-state index in [0.29, 0.717) is 18.1 Å². The minimum Gasteiger partial charge on any atom is -0.508 e. The Labute approximate surface area is 104 Å². The van der Waals surface area contributed by atoms with Crippen LogP contribution in [0.1, 0.15) is 18.7 Å². The number of phenolic OH excluding ortho intramolecular Hbond substituents is 1. The molecule has 5 heteroatoms. The van der Waals surface area contributed by atoms with Crippen LogP contribution < -0.4 is 0 Å². The highest BCUT2D eigenvalue weighted by atomic mass is 16.5.